The number of ether oxygens (including phenoxy) is 2. The van der Waals surface area contributed by atoms with Gasteiger partial charge in [-0.25, -0.2) is 0 Å². The Morgan fingerprint density at radius 2 is 0.921 bits per heavy atom. The smallest absolute Gasteiger partial charge is 0.255 e. The summed E-state index contributed by atoms with van der Waals surface area (Å²) in [6, 6.07) is 32.4. The quantitative estimate of drug-likeness (QED) is 0.0340. The molecule has 17 heteroatoms. The van der Waals surface area contributed by atoms with Gasteiger partial charge in [-0.2, -0.15) is 0 Å². The average molecular weight is 1020 g/mol. The second-order valence-electron chi connectivity index (χ2n) is 13.1. The third-order valence-electron chi connectivity index (χ3n) is 8.99. The van der Waals surface area contributed by atoms with Gasteiger partial charge in [0.25, 0.3) is 11.8 Å². The first kappa shape index (κ1) is 58.6. The van der Waals surface area contributed by atoms with Crippen molar-refractivity contribution < 1.29 is 57.2 Å². The number of nitrogens with zero attached hydrogens (tertiary/aromatic N) is 3. The number of aliphatic hydroxyl groups is 1. The molecule has 0 saturated carbocycles. The normalized spacial score (nSPS) is 12.9. The van der Waals surface area contributed by atoms with Gasteiger partial charge < -0.3 is 53.5 Å². The van der Waals surface area contributed by atoms with Crippen LogP contribution in [0.4, 0.5) is 11.4 Å². The molecule has 0 aromatic heterocycles. The number of nitrogens with two attached hydrogens (primary N) is 1. The van der Waals surface area contributed by atoms with Crippen molar-refractivity contribution in [3.8, 4) is 0 Å². The van der Waals surface area contributed by atoms with Crippen LogP contribution in [-0.4, -0.2) is 130 Å². The van der Waals surface area contributed by atoms with Gasteiger partial charge in [-0.3, -0.25) is 44.0 Å². The topological polar surface area (TPSA) is 207 Å². The number of anilines is 2. The first-order valence-electron chi connectivity index (χ1n) is 20.2. The number of carbonyl (C=O) groups excluding carboxylic acids is 4. The van der Waals surface area contributed by atoms with Gasteiger partial charge in [-0.15, -0.1) is 0 Å². The molecule has 0 unspecified atom stereocenters. The second kappa shape index (κ2) is 37.1. The molecule has 0 atom stereocenters. The third-order valence-corrected chi connectivity index (χ3v) is 8.99. The maximum atomic E-state index is 12.6. The van der Waals surface area contributed by atoms with E-state index in [1.165, 1.54) is 7.05 Å². The van der Waals surface area contributed by atoms with Crippen LogP contribution in [0, 0.1) is 15.0 Å². The number of halogens is 1. The van der Waals surface area contributed by atoms with Crippen LogP contribution in [-0.2, 0) is 28.0 Å². The van der Waals surface area contributed by atoms with E-state index >= 15 is 0 Å². The van der Waals surface area contributed by atoms with Crippen LogP contribution in [0.25, 0.3) is 0 Å². The van der Waals surface area contributed by atoms with Gasteiger partial charge >= 0.3 is 0 Å². The van der Waals surface area contributed by atoms with Gasteiger partial charge in [0.2, 0.25) is 0 Å². The van der Waals surface area contributed by atoms with Crippen molar-refractivity contribution in [1.82, 2.24) is 9.80 Å². The summed E-state index contributed by atoms with van der Waals surface area (Å²) in [6.07, 6.45) is 2.55. The maximum absolute atomic E-state index is 12.6. The molecular formula is C46H62IN6O9V-. The van der Waals surface area contributed by atoms with Crippen molar-refractivity contribution >= 4 is 57.3 Å². The Bertz CT molecular complexity index is 1730. The van der Waals surface area contributed by atoms with Crippen molar-refractivity contribution in [2.45, 2.75) is 25.7 Å². The zero-order valence-corrected chi connectivity index (χ0v) is 40.0. The molecule has 2 amide bonds. The molecule has 0 bridgehead atoms. The van der Waals surface area contributed by atoms with E-state index in [0.29, 0.717) is 46.5 Å². The van der Waals surface area contributed by atoms with Crippen LogP contribution < -0.4 is 16.4 Å². The number of aliphatic hydroxyl groups excluding tert-OH is 1. The number of benzene rings is 4. The van der Waals surface area contributed by atoms with E-state index < -0.39 is 4.92 Å². The molecule has 63 heavy (non-hydrogen) atoms. The number of rotatable bonds is 14. The molecule has 0 aliphatic carbocycles. The minimum absolute atomic E-state index is 0. The molecule has 4 aromatic carbocycles. The van der Waals surface area contributed by atoms with Crippen molar-refractivity contribution in [2.75, 3.05) is 97.5 Å². The van der Waals surface area contributed by atoms with Gasteiger partial charge in [0.05, 0.1) is 37.8 Å². The number of hydrogen-bond donors (Lipinski definition) is 4. The van der Waals surface area contributed by atoms with E-state index in [1.807, 2.05) is 83.3 Å². The predicted molar refractivity (Wildman–Crippen MR) is 254 cm³/mol. The number of carbonyl (C=O) groups is 4. The molecule has 2 aliphatic heterocycles. The number of amides is 2. The zero-order chi connectivity index (χ0) is 46.0. The zero-order valence-electron chi connectivity index (χ0n) is 36.5. The van der Waals surface area contributed by atoms with Gasteiger partial charge in [-0.1, -0.05) is 60.7 Å². The Kier molecular flexibility index (Phi) is 34.5. The number of nitro groups is 1. The number of morpholine rings is 2. The fourth-order valence-corrected chi connectivity index (χ4v) is 6.08. The molecule has 4 aromatic rings. The van der Waals surface area contributed by atoms with Crippen molar-refractivity contribution in [2.24, 2.45) is 5.73 Å². The molecule has 0 spiro atoms. The molecular weight excluding hydrogens is 958 g/mol. The van der Waals surface area contributed by atoms with E-state index in [2.05, 4.69) is 31.1 Å². The van der Waals surface area contributed by atoms with Gasteiger partial charge in [0.15, 0.2) is 18.6 Å². The molecule has 343 valence electrons. The fourth-order valence-electron chi connectivity index (χ4n) is 6.08. The summed E-state index contributed by atoms with van der Waals surface area (Å²) in [7, 11) is 3.39. The van der Waals surface area contributed by atoms with Crippen molar-refractivity contribution in [3.05, 3.63) is 146 Å². The second-order valence-corrected chi connectivity index (χ2v) is 13.1. The summed E-state index contributed by atoms with van der Waals surface area (Å²) in [5, 5.41) is 21.5. The number of ketones is 2. The summed E-state index contributed by atoms with van der Waals surface area (Å²) < 4.78 is 10.7. The Morgan fingerprint density at radius 3 is 1.24 bits per heavy atom. The third kappa shape index (κ3) is 24.3. The molecule has 2 aliphatic rings. The first-order valence-corrected chi connectivity index (χ1v) is 21.7. The Balaban J connectivity index is 0.00000100. The summed E-state index contributed by atoms with van der Waals surface area (Å²) in [4.78, 5) is 66.2. The molecule has 2 heterocycles. The van der Waals surface area contributed by atoms with Crippen LogP contribution in [0.3, 0.4) is 0 Å². The van der Waals surface area contributed by atoms with E-state index in [0.717, 1.165) is 92.7 Å². The monoisotopic (exact) mass is 1020 g/mol. The van der Waals surface area contributed by atoms with E-state index in [9.17, 15) is 19.2 Å². The van der Waals surface area contributed by atoms with E-state index in [4.69, 9.17) is 24.7 Å². The van der Waals surface area contributed by atoms with Crippen molar-refractivity contribution in [3.63, 3.8) is 0 Å². The van der Waals surface area contributed by atoms with Crippen LogP contribution in [0.1, 0.15) is 67.1 Å². The summed E-state index contributed by atoms with van der Waals surface area (Å²) in [6.45, 7) is 8.57. The Hall–Kier alpha value is -4.37. The maximum Gasteiger partial charge on any atom is 0.255 e. The Labute approximate surface area is 397 Å². The number of nitrogens with one attached hydrogen (secondary N) is 2. The number of Topliss-reactive ketones (excluding diaryl/α,β-unsaturated/α-hetero) is 2. The largest absolute Gasteiger partial charge is 0.400 e. The summed E-state index contributed by atoms with van der Waals surface area (Å²) >= 11 is 1.90. The van der Waals surface area contributed by atoms with E-state index in [-0.39, 0.29) is 41.9 Å². The standard InChI is InChI=1S/2C21H24N2O3.CH2I.CH3NO2.CH5N.CH4O.V/c2*24-20(11-6-12-23-13-15-26-16-14-23)18-9-4-5-10-19(18)22-21(25)17-7-2-1-3-8-17;1-2;1-2(3)4;2*1-2;/h2*1-5,7-10H,6,11-16H2,(H,22,25);1H2;1H3;2H2,1H3;2H,1H3;/q;;-1;;;;. The SMILES string of the molecule is CN.CO.C[N+](=O)[O-].O=C(Nc1ccccc1C(=O)CCCN1CCOCC1)c1ccccc1.O=C(Nc1ccccc1C(=O)CCCN1CCOCC1)c1ccccc1.[CH2-]I.[V]. The Morgan fingerprint density at radius 1 is 0.635 bits per heavy atom. The number of para-hydroxylation sites is 2. The predicted octanol–water partition coefficient (Wildman–Crippen LogP) is 6.75. The van der Waals surface area contributed by atoms with E-state index in [1.54, 1.807) is 48.5 Å². The van der Waals surface area contributed by atoms with Crippen molar-refractivity contribution in [1.29, 1.82) is 0 Å². The summed E-state index contributed by atoms with van der Waals surface area (Å²) in [5.41, 5.74) is 7.91. The minimum Gasteiger partial charge on any atom is -0.400 e. The average Bonchev–Trinajstić information content (AvgIpc) is 3.32. The summed E-state index contributed by atoms with van der Waals surface area (Å²) in [5.74, 6) is -0.303. The first-order chi connectivity index (χ1) is 30.2. The molecule has 2 fully saturated rings. The molecule has 5 N–H and O–H groups in total. The van der Waals surface area contributed by atoms with Crippen LogP contribution in [0.5, 0.6) is 0 Å². The number of hydrogen-bond acceptors (Lipinski definition) is 12. The van der Waals surface area contributed by atoms with Crippen LogP contribution >= 0.6 is 22.6 Å². The van der Waals surface area contributed by atoms with Crippen LogP contribution in [0.15, 0.2) is 109 Å². The van der Waals surface area contributed by atoms with Gasteiger partial charge in [0, 0.05) is 91.9 Å². The van der Waals surface area contributed by atoms with Crippen LogP contribution in [0.2, 0.25) is 0 Å². The minimum atomic E-state index is -0.500. The van der Waals surface area contributed by atoms with Gasteiger partial charge in [-0.05, 0) is 81.5 Å². The molecule has 2 saturated heterocycles. The van der Waals surface area contributed by atoms with Gasteiger partial charge in [0.1, 0.15) is 0 Å². The fraction of sp³-hybridized carbons (Fsp3) is 0.370. The molecule has 6 rings (SSSR count). The molecule has 1 radical (unpaired) electrons. The molecule has 15 nitrogen and oxygen atoms in total.